The molecule has 0 aliphatic rings. The Hall–Kier alpha value is -1.94. The highest BCUT2D eigenvalue weighted by Gasteiger charge is 2.30. The van der Waals surface area contributed by atoms with Gasteiger partial charge in [0, 0.05) is 25.7 Å². The van der Waals surface area contributed by atoms with E-state index in [2.05, 4.69) is 41.5 Å². The van der Waals surface area contributed by atoms with Crippen LogP contribution in [0.25, 0.3) is 0 Å². The lowest BCUT2D eigenvalue weighted by Crippen LogP contribution is -2.30. The zero-order valence-corrected chi connectivity index (χ0v) is 59.5. The molecule has 5 atom stereocenters. The smallest absolute Gasteiger partial charge is 0.462 e. The van der Waals surface area contributed by atoms with Crippen LogP contribution in [0.1, 0.15) is 356 Å². The highest BCUT2D eigenvalue weighted by Crippen LogP contribution is 2.45. The molecule has 3 N–H and O–H groups in total. The van der Waals surface area contributed by atoms with Crippen LogP contribution in [-0.4, -0.2) is 96.7 Å². The molecule has 0 aromatic rings. The van der Waals surface area contributed by atoms with Gasteiger partial charge in [0.05, 0.1) is 26.4 Å². The van der Waals surface area contributed by atoms with Crippen molar-refractivity contribution in [3.63, 3.8) is 0 Å². The standard InChI is InChI=1S/C70H136O17P2/c1-7-9-11-13-15-17-19-20-21-22-23-25-27-36-42-48-54-69(74)86-65(59-81-68(73)53-47-41-35-30-28-32-38-44-50-62(3)4)60-84-88(76,77)82-56-64(71)57-83-89(78,79)85-61-66(87-70(75)55-49-43-37-31-29-33-39-45-51-63(5)6)58-80-67(72)52-46-40-34-26-24-18-16-14-12-10-8-2/h62-66,71H,7-61H2,1-6H3,(H,76,77)(H,78,79)/t64-,65-,66-/m1/s1. The zero-order chi connectivity index (χ0) is 65.7. The number of carbonyl (C=O) groups is 4. The van der Waals surface area contributed by atoms with Crippen molar-refractivity contribution in [3.05, 3.63) is 0 Å². The van der Waals surface area contributed by atoms with E-state index in [-0.39, 0.29) is 25.7 Å². The van der Waals surface area contributed by atoms with Crippen LogP contribution in [0, 0.1) is 11.8 Å². The number of aliphatic hydroxyl groups is 1. The molecule has 0 spiro atoms. The number of ether oxygens (including phenoxy) is 4. The largest absolute Gasteiger partial charge is 0.472 e. The van der Waals surface area contributed by atoms with Crippen molar-refractivity contribution < 1.29 is 80.2 Å². The molecule has 0 bridgehead atoms. The molecule has 528 valence electrons. The highest BCUT2D eigenvalue weighted by atomic mass is 31.2. The van der Waals surface area contributed by atoms with Gasteiger partial charge in [-0.2, -0.15) is 0 Å². The normalized spacial score (nSPS) is 14.1. The van der Waals surface area contributed by atoms with Crippen molar-refractivity contribution in [2.75, 3.05) is 39.6 Å². The van der Waals surface area contributed by atoms with Gasteiger partial charge in [0.1, 0.15) is 19.3 Å². The molecule has 2 unspecified atom stereocenters. The van der Waals surface area contributed by atoms with Crippen LogP contribution < -0.4 is 0 Å². The van der Waals surface area contributed by atoms with Gasteiger partial charge in [0.2, 0.25) is 0 Å². The second-order valence-electron chi connectivity index (χ2n) is 26.2. The molecule has 89 heavy (non-hydrogen) atoms. The van der Waals surface area contributed by atoms with Gasteiger partial charge in [-0.15, -0.1) is 0 Å². The van der Waals surface area contributed by atoms with Crippen molar-refractivity contribution in [2.24, 2.45) is 11.8 Å². The molecular formula is C70H136O17P2. The Bertz CT molecular complexity index is 1730. The summed E-state index contributed by atoms with van der Waals surface area (Å²) in [5.41, 5.74) is 0. The molecule has 0 saturated heterocycles. The van der Waals surface area contributed by atoms with Crippen molar-refractivity contribution in [2.45, 2.75) is 374 Å². The first kappa shape index (κ1) is 87.1. The highest BCUT2D eigenvalue weighted by molar-refractivity contribution is 7.47. The third-order valence-corrected chi connectivity index (χ3v) is 18.1. The third kappa shape index (κ3) is 64.6. The predicted octanol–water partition coefficient (Wildman–Crippen LogP) is 20.0. The molecule has 17 nitrogen and oxygen atoms in total. The summed E-state index contributed by atoms with van der Waals surface area (Å²) in [6, 6.07) is 0. The summed E-state index contributed by atoms with van der Waals surface area (Å²) in [5.74, 6) is -0.680. The van der Waals surface area contributed by atoms with Gasteiger partial charge < -0.3 is 33.8 Å². The Morgan fingerprint density at radius 1 is 0.303 bits per heavy atom. The number of hydrogen-bond acceptors (Lipinski definition) is 15. The number of carbonyl (C=O) groups excluding carboxylic acids is 4. The number of phosphoric acid groups is 2. The average Bonchev–Trinajstić information content (AvgIpc) is 3.53. The zero-order valence-electron chi connectivity index (χ0n) is 57.7. The van der Waals surface area contributed by atoms with Crippen molar-refractivity contribution in [1.82, 2.24) is 0 Å². The third-order valence-electron chi connectivity index (χ3n) is 16.2. The van der Waals surface area contributed by atoms with Gasteiger partial charge in [-0.3, -0.25) is 37.3 Å². The molecule has 0 radical (unpaired) electrons. The Morgan fingerprint density at radius 3 is 0.764 bits per heavy atom. The summed E-state index contributed by atoms with van der Waals surface area (Å²) in [5, 5.41) is 10.6. The van der Waals surface area contributed by atoms with Crippen LogP contribution >= 0.6 is 15.6 Å². The second kappa shape index (κ2) is 62.2. The molecular weight excluding hydrogens is 1170 g/mol. The Balaban J connectivity index is 5.24. The summed E-state index contributed by atoms with van der Waals surface area (Å²) in [6.07, 6.45) is 47.2. The van der Waals surface area contributed by atoms with E-state index >= 15 is 0 Å². The maximum atomic E-state index is 13.0. The topological polar surface area (TPSA) is 237 Å². The summed E-state index contributed by atoms with van der Waals surface area (Å²) in [4.78, 5) is 72.5. The molecule has 0 aliphatic heterocycles. The molecule has 0 amide bonds. The minimum absolute atomic E-state index is 0.105. The van der Waals surface area contributed by atoms with Crippen LogP contribution in [0.4, 0.5) is 0 Å². The van der Waals surface area contributed by atoms with E-state index in [9.17, 15) is 43.2 Å². The summed E-state index contributed by atoms with van der Waals surface area (Å²) < 4.78 is 68.3. The lowest BCUT2D eigenvalue weighted by atomic mass is 10.0. The van der Waals surface area contributed by atoms with E-state index in [0.29, 0.717) is 25.7 Å². The SMILES string of the molecule is CCCCCCCCCCCCCCCCCCC(=O)O[C@H](COC(=O)CCCCCCCCCCC(C)C)COP(=O)(O)OC[C@@H](O)COP(=O)(O)OC[C@@H](COC(=O)CCCCCCCCCCCCC)OC(=O)CCCCCCCCCCC(C)C. The predicted molar refractivity (Wildman–Crippen MR) is 358 cm³/mol. The first-order valence-electron chi connectivity index (χ1n) is 36.5. The molecule has 0 fully saturated rings. The number of rotatable bonds is 69. The Labute approximate surface area is 543 Å². The van der Waals surface area contributed by atoms with Gasteiger partial charge in [0.15, 0.2) is 12.2 Å². The second-order valence-corrected chi connectivity index (χ2v) is 29.1. The van der Waals surface area contributed by atoms with Crippen LogP contribution in [-0.2, 0) is 65.4 Å². The fraction of sp³-hybridized carbons (Fsp3) is 0.943. The van der Waals surface area contributed by atoms with E-state index in [1.54, 1.807) is 0 Å². The molecule has 0 aromatic carbocycles. The van der Waals surface area contributed by atoms with Gasteiger partial charge in [-0.25, -0.2) is 9.13 Å². The quantitative estimate of drug-likeness (QED) is 0.0222. The maximum Gasteiger partial charge on any atom is 0.472 e. The van der Waals surface area contributed by atoms with Crippen molar-refractivity contribution >= 4 is 39.5 Å². The van der Waals surface area contributed by atoms with Gasteiger partial charge in [-0.05, 0) is 37.5 Å². The number of unbranched alkanes of at least 4 members (excludes halogenated alkanes) is 39. The maximum absolute atomic E-state index is 13.0. The molecule has 19 heteroatoms. The van der Waals surface area contributed by atoms with Gasteiger partial charge >= 0.3 is 39.5 Å². The molecule has 0 saturated carbocycles. The van der Waals surface area contributed by atoms with E-state index in [4.69, 9.17) is 37.0 Å². The fourth-order valence-corrected chi connectivity index (χ4v) is 12.2. The molecule has 0 heterocycles. The van der Waals surface area contributed by atoms with E-state index in [0.717, 1.165) is 102 Å². The first-order valence-corrected chi connectivity index (χ1v) is 39.5. The first-order chi connectivity index (χ1) is 42.9. The van der Waals surface area contributed by atoms with Crippen molar-refractivity contribution in [1.29, 1.82) is 0 Å². The van der Waals surface area contributed by atoms with E-state index in [1.807, 2.05) is 0 Å². The van der Waals surface area contributed by atoms with Crippen LogP contribution in [0.15, 0.2) is 0 Å². The molecule has 0 rings (SSSR count). The minimum Gasteiger partial charge on any atom is -0.462 e. The fourth-order valence-electron chi connectivity index (χ4n) is 10.6. The lowest BCUT2D eigenvalue weighted by Gasteiger charge is -2.21. The number of aliphatic hydroxyl groups excluding tert-OH is 1. The summed E-state index contributed by atoms with van der Waals surface area (Å²) in [7, 11) is -9.90. The van der Waals surface area contributed by atoms with Crippen LogP contribution in [0.5, 0.6) is 0 Å². The Kier molecular flexibility index (Phi) is 60.8. The number of phosphoric ester groups is 2. The van der Waals surface area contributed by atoms with Gasteiger partial charge in [0.25, 0.3) is 0 Å². The summed E-state index contributed by atoms with van der Waals surface area (Å²) >= 11 is 0. The molecule has 0 aromatic heterocycles. The van der Waals surface area contributed by atoms with Crippen molar-refractivity contribution in [3.8, 4) is 0 Å². The monoisotopic (exact) mass is 1310 g/mol. The molecule has 0 aliphatic carbocycles. The number of hydrogen-bond donors (Lipinski definition) is 3. The van der Waals surface area contributed by atoms with E-state index < -0.39 is 97.5 Å². The average molecular weight is 1310 g/mol. The number of esters is 4. The van der Waals surface area contributed by atoms with Crippen LogP contribution in [0.2, 0.25) is 0 Å². The van der Waals surface area contributed by atoms with E-state index in [1.165, 1.54) is 173 Å². The summed E-state index contributed by atoms with van der Waals surface area (Å²) in [6.45, 7) is 9.47. The minimum atomic E-state index is -4.95. The Morgan fingerprint density at radius 2 is 0.517 bits per heavy atom. The lowest BCUT2D eigenvalue weighted by molar-refractivity contribution is -0.161. The van der Waals surface area contributed by atoms with Gasteiger partial charge in [-0.1, -0.05) is 305 Å². The van der Waals surface area contributed by atoms with Crippen LogP contribution in [0.3, 0.4) is 0 Å².